The van der Waals surface area contributed by atoms with E-state index in [1.807, 2.05) is 98.8 Å². The van der Waals surface area contributed by atoms with Gasteiger partial charge in [0.15, 0.2) is 5.16 Å². The topological polar surface area (TPSA) is 64.0 Å². The zero-order chi connectivity index (χ0) is 26.6. The highest BCUT2D eigenvalue weighted by molar-refractivity contribution is 8.00. The van der Waals surface area contributed by atoms with Gasteiger partial charge >= 0.3 is 0 Å². The number of carbonyl (C=O) groups is 1. The number of rotatable bonds is 7. The van der Waals surface area contributed by atoms with E-state index in [9.17, 15) is 9.59 Å². The summed E-state index contributed by atoms with van der Waals surface area (Å²) in [5.74, 6) is -0.0935. The number of halogens is 1. The van der Waals surface area contributed by atoms with Crippen molar-refractivity contribution in [3.05, 3.63) is 117 Å². The zero-order valence-electron chi connectivity index (χ0n) is 20.8. The number of carbonyl (C=O) groups excluding carboxylic acids is 1. The standard InChI is InChI=1S/C30H24ClN3O2S2/c1-19-11-16-26(20(2)17-19)34-29(36)23-7-3-4-8-24(23)33-30(34)37-18-28(35)32-25-9-5-6-10-27(25)38-22-14-12-21(31)13-15-22/h3-17H,18H2,1-2H3,(H,32,35). The van der Waals surface area contributed by atoms with Gasteiger partial charge in [0.05, 0.1) is 28.0 Å². The minimum Gasteiger partial charge on any atom is -0.324 e. The van der Waals surface area contributed by atoms with Crippen molar-refractivity contribution in [1.29, 1.82) is 0 Å². The second-order valence-corrected chi connectivity index (χ2v) is 11.2. The SMILES string of the molecule is Cc1ccc(-n2c(SCC(=O)Nc3ccccc3Sc3ccc(Cl)cc3)nc3ccccc3c2=O)c(C)c1. The van der Waals surface area contributed by atoms with Gasteiger partial charge in [0, 0.05) is 14.8 Å². The molecule has 1 amide bonds. The van der Waals surface area contributed by atoms with E-state index in [0.29, 0.717) is 21.1 Å². The highest BCUT2D eigenvalue weighted by atomic mass is 35.5. The molecule has 0 atom stereocenters. The summed E-state index contributed by atoms with van der Waals surface area (Å²) in [6.07, 6.45) is 0. The third-order valence-electron chi connectivity index (χ3n) is 5.87. The largest absolute Gasteiger partial charge is 0.324 e. The van der Waals surface area contributed by atoms with Gasteiger partial charge in [-0.25, -0.2) is 4.98 Å². The average Bonchev–Trinajstić information content (AvgIpc) is 2.91. The maximum atomic E-state index is 13.6. The molecule has 38 heavy (non-hydrogen) atoms. The van der Waals surface area contributed by atoms with Gasteiger partial charge in [-0.15, -0.1) is 0 Å². The fraction of sp³-hybridized carbons (Fsp3) is 0.100. The maximum Gasteiger partial charge on any atom is 0.266 e. The van der Waals surface area contributed by atoms with Gasteiger partial charge in [-0.2, -0.15) is 0 Å². The predicted octanol–water partition coefficient (Wildman–Crippen LogP) is 7.54. The fourth-order valence-electron chi connectivity index (χ4n) is 4.08. The van der Waals surface area contributed by atoms with Crippen molar-refractivity contribution in [3.63, 3.8) is 0 Å². The van der Waals surface area contributed by atoms with Crippen LogP contribution in [0.15, 0.2) is 111 Å². The minimum absolute atomic E-state index is 0.0929. The number of fused-ring (bicyclic) bond motifs is 1. The van der Waals surface area contributed by atoms with E-state index in [2.05, 4.69) is 5.32 Å². The molecular formula is C30H24ClN3O2S2. The smallest absolute Gasteiger partial charge is 0.266 e. The van der Waals surface area contributed by atoms with Crippen molar-refractivity contribution in [2.24, 2.45) is 0 Å². The Hall–Kier alpha value is -3.52. The van der Waals surface area contributed by atoms with Crippen molar-refractivity contribution < 1.29 is 4.79 Å². The molecule has 8 heteroatoms. The molecule has 0 radical (unpaired) electrons. The lowest BCUT2D eigenvalue weighted by atomic mass is 10.1. The number of nitrogens with zero attached hydrogens (tertiary/aromatic N) is 2. The molecule has 1 N–H and O–H groups in total. The monoisotopic (exact) mass is 557 g/mol. The fourth-order valence-corrected chi connectivity index (χ4v) is 5.92. The van der Waals surface area contributed by atoms with Crippen LogP contribution in [0.5, 0.6) is 0 Å². The van der Waals surface area contributed by atoms with Crippen molar-refractivity contribution in [2.45, 2.75) is 28.8 Å². The van der Waals surface area contributed by atoms with Crippen molar-refractivity contribution in [3.8, 4) is 5.69 Å². The second-order valence-electron chi connectivity index (χ2n) is 8.73. The van der Waals surface area contributed by atoms with Crippen LogP contribution in [0.3, 0.4) is 0 Å². The first-order valence-corrected chi connectivity index (χ1v) is 14.1. The number of thioether (sulfide) groups is 1. The minimum atomic E-state index is -0.186. The highest BCUT2D eigenvalue weighted by Gasteiger charge is 2.17. The molecule has 0 bridgehead atoms. The molecule has 0 spiro atoms. The second kappa shape index (κ2) is 11.5. The summed E-state index contributed by atoms with van der Waals surface area (Å²) in [7, 11) is 0. The average molecular weight is 558 g/mol. The summed E-state index contributed by atoms with van der Waals surface area (Å²) in [6, 6.07) is 28.4. The van der Waals surface area contributed by atoms with E-state index in [4.69, 9.17) is 16.6 Å². The van der Waals surface area contributed by atoms with Crippen LogP contribution >= 0.6 is 35.1 Å². The predicted molar refractivity (Wildman–Crippen MR) is 158 cm³/mol. The number of benzene rings is 4. The van der Waals surface area contributed by atoms with E-state index in [1.54, 1.807) is 22.4 Å². The lowest BCUT2D eigenvalue weighted by Crippen LogP contribution is -2.23. The van der Waals surface area contributed by atoms with E-state index < -0.39 is 0 Å². The van der Waals surface area contributed by atoms with Crippen molar-refractivity contribution in [1.82, 2.24) is 9.55 Å². The van der Waals surface area contributed by atoms with Crippen molar-refractivity contribution >= 4 is 57.6 Å². The summed E-state index contributed by atoms with van der Waals surface area (Å²) in [5.41, 5.74) is 3.99. The molecule has 0 unspecified atom stereocenters. The number of nitrogens with one attached hydrogen (secondary N) is 1. The normalized spacial score (nSPS) is 11.0. The van der Waals surface area contributed by atoms with Crippen LogP contribution in [-0.2, 0) is 4.79 Å². The maximum absolute atomic E-state index is 13.6. The third kappa shape index (κ3) is 5.80. The molecule has 190 valence electrons. The molecule has 0 aliphatic heterocycles. The number of para-hydroxylation sites is 2. The number of hydrogen-bond acceptors (Lipinski definition) is 5. The Kier molecular flexibility index (Phi) is 7.88. The lowest BCUT2D eigenvalue weighted by Gasteiger charge is -2.16. The summed E-state index contributed by atoms with van der Waals surface area (Å²) in [5, 5.41) is 4.70. The molecule has 5 rings (SSSR count). The Labute approximate surface area is 234 Å². The Bertz CT molecular complexity index is 1700. The first kappa shape index (κ1) is 26.1. The Morgan fingerprint density at radius 2 is 1.68 bits per heavy atom. The van der Waals surface area contributed by atoms with Crippen LogP contribution in [0.4, 0.5) is 5.69 Å². The first-order chi connectivity index (χ1) is 18.4. The molecule has 0 fully saturated rings. The molecule has 4 aromatic carbocycles. The zero-order valence-corrected chi connectivity index (χ0v) is 23.2. The number of anilines is 1. The number of aromatic nitrogens is 2. The molecular weight excluding hydrogens is 534 g/mol. The number of hydrogen-bond donors (Lipinski definition) is 1. The van der Waals surface area contributed by atoms with Gasteiger partial charge in [-0.1, -0.05) is 77.1 Å². The molecule has 5 nitrogen and oxygen atoms in total. The summed E-state index contributed by atoms with van der Waals surface area (Å²) < 4.78 is 1.61. The van der Waals surface area contributed by atoms with Crippen LogP contribution in [0.25, 0.3) is 16.6 Å². The molecule has 1 aromatic heterocycles. The highest BCUT2D eigenvalue weighted by Crippen LogP contribution is 2.34. The summed E-state index contributed by atoms with van der Waals surface area (Å²) in [4.78, 5) is 33.3. The van der Waals surface area contributed by atoms with Crippen molar-refractivity contribution in [2.75, 3.05) is 11.1 Å². The molecule has 0 saturated carbocycles. The third-order valence-corrected chi connectivity index (χ3v) is 8.15. The van der Waals surface area contributed by atoms with Gasteiger partial charge in [-0.05, 0) is 74.0 Å². The van der Waals surface area contributed by atoms with Crippen LogP contribution in [-0.4, -0.2) is 21.2 Å². The van der Waals surface area contributed by atoms with Crippen LogP contribution in [0.2, 0.25) is 5.02 Å². The van der Waals surface area contributed by atoms with E-state index in [1.165, 1.54) is 11.8 Å². The summed E-state index contributed by atoms with van der Waals surface area (Å²) in [6.45, 7) is 3.99. The molecule has 0 aliphatic rings. The molecule has 1 heterocycles. The van der Waals surface area contributed by atoms with E-state index in [-0.39, 0.29) is 17.2 Å². The van der Waals surface area contributed by atoms with E-state index >= 15 is 0 Å². The Balaban J connectivity index is 1.41. The van der Waals surface area contributed by atoms with Gasteiger partial charge < -0.3 is 5.32 Å². The lowest BCUT2D eigenvalue weighted by molar-refractivity contribution is -0.113. The first-order valence-electron chi connectivity index (χ1n) is 11.9. The summed E-state index contributed by atoms with van der Waals surface area (Å²) >= 11 is 8.80. The Morgan fingerprint density at radius 3 is 2.47 bits per heavy atom. The van der Waals surface area contributed by atoms with Gasteiger partial charge in [0.25, 0.3) is 5.56 Å². The van der Waals surface area contributed by atoms with Crippen LogP contribution in [0, 0.1) is 13.8 Å². The van der Waals surface area contributed by atoms with Crippen LogP contribution < -0.4 is 10.9 Å². The van der Waals surface area contributed by atoms with Gasteiger partial charge in [0.1, 0.15) is 0 Å². The molecule has 0 aliphatic carbocycles. The van der Waals surface area contributed by atoms with E-state index in [0.717, 1.165) is 32.3 Å². The van der Waals surface area contributed by atoms with Gasteiger partial charge in [-0.3, -0.25) is 14.2 Å². The Morgan fingerprint density at radius 1 is 0.947 bits per heavy atom. The number of amides is 1. The molecule has 5 aromatic rings. The number of aryl methyl sites for hydroxylation is 2. The van der Waals surface area contributed by atoms with Gasteiger partial charge in [0.2, 0.25) is 5.91 Å². The quantitative estimate of drug-likeness (QED) is 0.165. The molecule has 0 saturated heterocycles. The van der Waals surface area contributed by atoms with Crippen LogP contribution in [0.1, 0.15) is 11.1 Å².